The van der Waals surface area contributed by atoms with Crippen LogP contribution < -0.4 is 11.2 Å². The van der Waals surface area contributed by atoms with Crippen LogP contribution in [-0.2, 0) is 13.0 Å². The summed E-state index contributed by atoms with van der Waals surface area (Å²) in [6.07, 6.45) is 2.89. The van der Waals surface area contributed by atoms with Crippen LogP contribution in [0.25, 0.3) is 0 Å². The van der Waals surface area contributed by atoms with E-state index in [1.165, 1.54) is 4.57 Å². The van der Waals surface area contributed by atoms with Crippen LogP contribution in [0.1, 0.15) is 32.4 Å². The third kappa shape index (κ3) is 2.62. The summed E-state index contributed by atoms with van der Waals surface area (Å²) in [5.74, 6) is 0. The Bertz CT molecular complexity index is 462. The summed E-state index contributed by atoms with van der Waals surface area (Å²) in [5.41, 5.74) is 0.539. The highest BCUT2D eigenvalue weighted by Gasteiger charge is 2.08. The maximum Gasteiger partial charge on any atom is 0.334 e. The van der Waals surface area contributed by atoms with E-state index in [1.807, 2.05) is 13.6 Å². The quantitative estimate of drug-likeness (QED) is 0.733. The molecular formula is C11H19N2O2P. The lowest BCUT2D eigenvalue weighted by Gasteiger charge is -2.12. The summed E-state index contributed by atoms with van der Waals surface area (Å²) >= 11 is 0. The van der Waals surface area contributed by atoms with Crippen LogP contribution in [0.15, 0.2) is 15.7 Å². The van der Waals surface area contributed by atoms with Crippen LogP contribution in [0.4, 0.5) is 0 Å². The number of aryl methyl sites for hydroxylation is 1. The molecule has 0 aliphatic carbocycles. The van der Waals surface area contributed by atoms with Gasteiger partial charge < -0.3 is 0 Å². The van der Waals surface area contributed by atoms with E-state index >= 15 is 0 Å². The summed E-state index contributed by atoms with van der Waals surface area (Å²) in [6.45, 7) is 6.32. The Morgan fingerprint density at radius 2 is 2.00 bits per heavy atom. The van der Waals surface area contributed by atoms with Gasteiger partial charge in [0, 0.05) is 18.3 Å². The van der Waals surface area contributed by atoms with Crippen LogP contribution >= 0.6 is 8.73 Å². The van der Waals surface area contributed by atoms with Crippen molar-refractivity contribution in [2.24, 2.45) is 0 Å². The molecule has 0 saturated heterocycles. The molecule has 1 unspecified atom stereocenters. The molecule has 0 aromatic carbocycles. The minimum atomic E-state index is -0.173. The smallest absolute Gasteiger partial charge is 0.279 e. The van der Waals surface area contributed by atoms with E-state index in [0.29, 0.717) is 15.3 Å². The van der Waals surface area contributed by atoms with Gasteiger partial charge in [0.15, 0.2) is 0 Å². The number of nitrogens with zero attached hydrogens (tertiary/aromatic N) is 2. The molecular weight excluding hydrogens is 223 g/mol. The van der Waals surface area contributed by atoms with Crippen LogP contribution in [0.5, 0.6) is 0 Å². The second kappa shape index (κ2) is 6.00. The van der Waals surface area contributed by atoms with Gasteiger partial charge in [0.1, 0.15) is 0 Å². The highest BCUT2D eigenvalue weighted by atomic mass is 31.1. The zero-order chi connectivity index (χ0) is 12.1. The average molecular weight is 242 g/mol. The summed E-state index contributed by atoms with van der Waals surface area (Å²) in [7, 11) is 0.379. The SMILES string of the molecule is CCCCc1cc(=O)n(CC)c(=O)n1PC. The van der Waals surface area contributed by atoms with E-state index in [-0.39, 0.29) is 11.2 Å². The Balaban J connectivity index is 3.30. The third-order valence-corrected chi connectivity index (χ3v) is 3.52. The summed E-state index contributed by atoms with van der Waals surface area (Å²) in [6, 6.07) is 1.61. The molecule has 16 heavy (non-hydrogen) atoms. The molecule has 0 amide bonds. The molecule has 0 fully saturated rings. The van der Waals surface area contributed by atoms with Gasteiger partial charge in [0.05, 0.1) is 0 Å². The molecule has 0 N–H and O–H groups in total. The fraction of sp³-hybridized carbons (Fsp3) is 0.636. The lowest BCUT2D eigenvalue weighted by molar-refractivity contribution is 0.641. The van der Waals surface area contributed by atoms with Gasteiger partial charge in [-0.2, -0.15) is 0 Å². The number of hydrogen-bond donors (Lipinski definition) is 0. The Morgan fingerprint density at radius 3 is 2.50 bits per heavy atom. The molecule has 0 aliphatic heterocycles. The minimum absolute atomic E-state index is 0.165. The van der Waals surface area contributed by atoms with Gasteiger partial charge in [-0.3, -0.25) is 13.7 Å². The first kappa shape index (κ1) is 13.2. The van der Waals surface area contributed by atoms with E-state index in [4.69, 9.17) is 0 Å². The summed E-state index contributed by atoms with van der Waals surface area (Å²) < 4.78 is 3.01. The minimum Gasteiger partial charge on any atom is -0.279 e. The third-order valence-electron chi connectivity index (χ3n) is 2.59. The molecule has 5 heteroatoms. The maximum absolute atomic E-state index is 12.0. The molecule has 1 rings (SSSR count). The standard InChI is InChI=1S/C11H19N2O2P/c1-4-6-7-9-8-10(14)12(5-2)11(15)13(9)16-3/h8,16H,4-7H2,1-3H3. The second-order valence-corrected chi connectivity index (χ2v) is 4.56. The van der Waals surface area contributed by atoms with Gasteiger partial charge in [-0.1, -0.05) is 13.3 Å². The first-order chi connectivity index (χ1) is 7.65. The molecule has 1 aromatic rings. The van der Waals surface area contributed by atoms with Crippen molar-refractivity contribution in [2.45, 2.75) is 39.7 Å². The molecule has 0 bridgehead atoms. The fourth-order valence-corrected chi connectivity index (χ4v) is 2.47. The van der Waals surface area contributed by atoms with Crippen molar-refractivity contribution in [3.8, 4) is 0 Å². The molecule has 0 aliphatic rings. The number of aromatic nitrogens is 2. The Labute approximate surface area is 97.1 Å². The summed E-state index contributed by atoms with van der Waals surface area (Å²) in [5, 5.41) is 0. The van der Waals surface area contributed by atoms with E-state index in [2.05, 4.69) is 6.92 Å². The van der Waals surface area contributed by atoms with Gasteiger partial charge in [-0.15, -0.1) is 0 Å². The fourth-order valence-electron chi connectivity index (χ4n) is 1.70. The molecule has 1 atom stereocenters. The Kier molecular flexibility index (Phi) is 4.94. The van der Waals surface area contributed by atoms with Gasteiger partial charge in [-0.25, -0.2) is 4.79 Å². The van der Waals surface area contributed by atoms with Crippen molar-refractivity contribution in [1.82, 2.24) is 8.90 Å². The van der Waals surface area contributed by atoms with E-state index in [0.717, 1.165) is 25.0 Å². The number of hydrogen-bond acceptors (Lipinski definition) is 2. The van der Waals surface area contributed by atoms with E-state index in [1.54, 1.807) is 10.4 Å². The van der Waals surface area contributed by atoms with Crippen molar-refractivity contribution in [3.63, 3.8) is 0 Å². The van der Waals surface area contributed by atoms with Crippen LogP contribution in [0.2, 0.25) is 0 Å². The Morgan fingerprint density at radius 1 is 1.31 bits per heavy atom. The molecule has 1 heterocycles. The van der Waals surface area contributed by atoms with Crippen molar-refractivity contribution >= 4 is 8.73 Å². The molecule has 90 valence electrons. The number of rotatable bonds is 5. The molecule has 0 saturated carbocycles. The normalized spacial score (nSPS) is 11.4. The zero-order valence-electron chi connectivity index (χ0n) is 10.1. The summed E-state index contributed by atoms with van der Waals surface area (Å²) in [4.78, 5) is 23.6. The van der Waals surface area contributed by atoms with Gasteiger partial charge in [0.25, 0.3) is 5.56 Å². The number of unbranched alkanes of at least 4 members (excludes halogenated alkanes) is 1. The Hall–Kier alpha value is -0.890. The van der Waals surface area contributed by atoms with Crippen molar-refractivity contribution in [3.05, 3.63) is 32.6 Å². The van der Waals surface area contributed by atoms with E-state index < -0.39 is 0 Å². The maximum atomic E-state index is 12.0. The predicted octanol–water partition coefficient (Wildman–Crippen LogP) is 1.44. The van der Waals surface area contributed by atoms with Crippen molar-refractivity contribution in [2.75, 3.05) is 6.66 Å². The topological polar surface area (TPSA) is 44.0 Å². The molecule has 4 nitrogen and oxygen atoms in total. The van der Waals surface area contributed by atoms with Gasteiger partial charge >= 0.3 is 5.69 Å². The lowest BCUT2D eigenvalue weighted by Crippen LogP contribution is -2.38. The average Bonchev–Trinajstić information content (AvgIpc) is 2.26. The van der Waals surface area contributed by atoms with Gasteiger partial charge in [0.2, 0.25) is 0 Å². The van der Waals surface area contributed by atoms with Crippen LogP contribution in [0.3, 0.4) is 0 Å². The first-order valence-corrected chi connectivity index (χ1v) is 7.13. The second-order valence-electron chi connectivity index (χ2n) is 3.66. The van der Waals surface area contributed by atoms with Crippen LogP contribution in [-0.4, -0.2) is 15.6 Å². The monoisotopic (exact) mass is 242 g/mol. The lowest BCUT2D eigenvalue weighted by atomic mass is 10.2. The van der Waals surface area contributed by atoms with Crippen molar-refractivity contribution < 1.29 is 0 Å². The molecule has 0 spiro atoms. The largest absolute Gasteiger partial charge is 0.334 e. The van der Waals surface area contributed by atoms with Crippen molar-refractivity contribution in [1.29, 1.82) is 0 Å². The zero-order valence-corrected chi connectivity index (χ0v) is 11.1. The van der Waals surface area contributed by atoms with E-state index in [9.17, 15) is 9.59 Å². The predicted molar refractivity (Wildman–Crippen MR) is 68.9 cm³/mol. The highest BCUT2D eigenvalue weighted by molar-refractivity contribution is 7.35. The highest BCUT2D eigenvalue weighted by Crippen LogP contribution is 2.10. The first-order valence-electron chi connectivity index (χ1n) is 5.69. The van der Waals surface area contributed by atoms with Gasteiger partial charge in [-0.05, 0) is 35.2 Å². The molecule has 0 radical (unpaired) electrons. The molecule has 1 aromatic heterocycles. The van der Waals surface area contributed by atoms with Crippen LogP contribution in [0, 0.1) is 0 Å².